The summed E-state index contributed by atoms with van der Waals surface area (Å²) in [6.07, 6.45) is 1.53. The van der Waals surface area contributed by atoms with E-state index in [9.17, 15) is 5.11 Å². The predicted molar refractivity (Wildman–Crippen MR) is 64.6 cm³/mol. The number of piperidine rings is 1. The lowest BCUT2D eigenvalue weighted by Gasteiger charge is -2.31. The zero-order chi connectivity index (χ0) is 12.3. The molecule has 2 rings (SSSR count). The number of aromatic nitrogens is 2. The summed E-state index contributed by atoms with van der Waals surface area (Å²) in [6, 6.07) is 1.73. The molecule has 1 atom stereocenters. The van der Waals surface area contributed by atoms with Gasteiger partial charge in [0.05, 0.1) is 6.10 Å². The highest BCUT2D eigenvalue weighted by molar-refractivity contribution is 5.47. The average Bonchev–Trinajstić information content (AvgIpc) is 2.28. The van der Waals surface area contributed by atoms with Crippen LogP contribution in [0.5, 0.6) is 0 Å². The number of hydrogen-bond acceptors (Lipinski definition) is 6. The van der Waals surface area contributed by atoms with Crippen LogP contribution < -0.4 is 10.6 Å². The van der Waals surface area contributed by atoms with Crippen molar-refractivity contribution in [3.63, 3.8) is 0 Å². The third kappa shape index (κ3) is 3.04. The summed E-state index contributed by atoms with van der Waals surface area (Å²) < 4.78 is 5.00. The predicted octanol–water partition coefficient (Wildman–Crippen LogP) is 0.166. The molecule has 1 aromatic rings. The van der Waals surface area contributed by atoms with Crippen molar-refractivity contribution in [3.05, 3.63) is 11.9 Å². The Bertz CT molecular complexity index is 386. The maximum absolute atomic E-state index is 9.64. The van der Waals surface area contributed by atoms with Gasteiger partial charge in [0.1, 0.15) is 18.2 Å². The number of nitrogens with two attached hydrogens (primary N) is 1. The molecule has 0 spiro atoms. The molecular formula is C11H18N4O2. The van der Waals surface area contributed by atoms with Crippen LogP contribution in [0.15, 0.2) is 6.07 Å². The third-order valence-corrected chi connectivity index (χ3v) is 2.77. The van der Waals surface area contributed by atoms with E-state index >= 15 is 0 Å². The van der Waals surface area contributed by atoms with Gasteiger partial charge in [-0.05, 0) is 12.8 Å². The van der Waals surface area contributed by atoms with Crippen molar-refractivity contribution < 1.29 is 9.84 Å². The fraction of sp³-hybridized carbons (Fsp3) is 0.636. The van der Waals surface area contributed by atoms with E-state index in [1.807, 2.05) is 4.90 Å². The second kappa shape index (κ2) is 5.29. The molecule has 17 heavy (non-hydrogen) atoms. The number of β-amino-alcohol motifs (C(OH)–C–C–N with tert-alkyl or cyclic N) is 1. The van der Waals surface area contributed by atoms with E-state index in [-0.39, 0.29) is 6.10 Å². The van der Waals surface area contributed by atoms with E-state index in [2.05, 4.69) is 9.97 Å². The molecule has 1 aliphatic heterocycles. The maximum atomic E-state index is 9.64. The summed E-state index contributed by atoms with van der Waals surface area (Å²) in [7, 11) is 1.59. The maximum Gasteiger partial charge on any atom is 0.158 e. The highest BCUT2D eigenvalue weighted by atomic mass is 16.5. The van der Waals surface area contributed by atoms with Crippen molar-refractivity contribution in [3.8, 4) is 0 Å². The molecular weight excluding hydrogens is 220 g/mol. The van der Waals surface area contributed by atoms with E-state index in [1.165, 1.54) is 0 Å². The fourth-order valence-electron chi connectivity index (χ4n) is 2.02. The minimum atomic E-state index is -0.286. The van der Waals surface area contributed by atoms with E-state index in [0.717, 1.165) is 25.2 Å². The van der Waals surface area contributed by atoms with Crippen molar-refractivity contribution >= 4 is 11.6 Å². The Balaban J connectivity index is 2.18. The Morgan fingerprint density at radius 1 is 1.59 bits per heavy atom. The van der Waals surface area contributed by atoms with Gasteiger partial charge in [-0.1, -0.05) is 0 Å². The van der Waals surface area contributed by atoms with Crippen LogP contribution >= 0.6 is 0 Å². The Morgan fingerprint density at radius 3 is 3.12 bits per heavy atom. The van der Waals surface area contributed by atoms with Crippen LogP contribution in [0.1, 0.15) is 18.7 Å². The smallest absolute Gasteiger partial charge is 0.158 e. The molecule has 2 heterocycles. The lowest BCUT2D eigenvalue weighted by atomic mass is 10.1. The number of hydrogen-bond donors (Lipinski definition) is 2. The monoisotopic (exact) mass is 238 g/mol. The second-order valence-corrected chi connectivity index (χ2v) is 4.24. The number of methoxy groups -OCH3 is 1. The zero-order valence-electron chi connectivity index (χ0n) is 9.96. The number of rotatable bonds is 3. The van der Waals surface area contributed by atoms with E-state index in [4.69, 9.17) is 10.5 Å². The SMILES string of the molecule is COCc1nc(N)cc(N2CCCC(O)C2)n1. The molecule has 1 aromatic heterocycles. The molecule has 3 N–H and O–H groups in total. The van der Waals surface area contributed by atoms with Crippen LogP contribution in [0.4, 0.5) is 11.6 Å². The van der Waals surface area contributed by atoms with Crippen molar-refractivity contribution in [2.75, 3.05) is 30.8 Å². The number of aliphatic hydroxyl groups excluding tert-OH is 1. The lowest BCUT2D eigenvalue weighted by molar-refractivity contribution is 0.153. The average molecular weight is 238 g/mol. The summed E-state index contributed by atoms with van der Waals surface area (Å²) in [6.45, 7) is 1.83. The molecule has 6 nitrogen and oxygen atoms in total. The van der Waals surface area contributed by atoms with Crippen molar-refractivity contribution in [2.24, 2.45) is 0 Å². The van der Waals surface area contributed by atoms with Gasteiger partial charge in [0, 0.05) is 26.3 Å². The molecule has 6 heteroatoms. The molecule has 0 amide bonds. The van der Waals surface area contributed by atoms with Crippen molar-refractivity contribution in [2.45, 2.75) is 25.6 Å². The Kier molecular flexibility index (Phi) is 3.75. The van der Waals surface area contributed by atoms with Gasteiger partial charge in [-0.2, -0.15) is 0 Å². The molecule has 1 fully saturated rings. The standard InChI is InChI=1S/C11H18N4O2/c1-17-7-10-13-9(12)5-11(14-10)15-4-2-3-8(16)6-15/h5,8,16H,2-4,6-7H2,1H3,(H2,12,13,14). The summed E-state index contributed by atoms with van der Waals surface area (Å²) in [5.74, 6) is 1.77. The zero-order valence-corrected chi connectivity index (χ0v) is 9.96. The highest BCUT2D eigenvalue weighted by Crippen LogP contribution is 2.19. The van der Waals surface area contributed by atoms with Gasteiger partial charge in [-0.25, -0.2) is 9.97 Å². The van der Waals surface area contributed by atoms with E-state index in [0.29, 0.717) is 24.8 Å². The van der Waals surface area contributed by atoms with Gasteiger partial charge in [0.15, 0.2) is 5.82 Å². The fourth-order valence-corrected chi connectivity index (χ4v) is 2.02. The first-order chi connectivity index (χ1) is 8.19. The first-order valence-electron chi connectivity index (χ1n) is 5.74. The highest BCUT2D eigenvalue weighted by Gasteiger charge is 2.19. The number of nitrogens with zero attached hydrogens (tertiary/aromatic N) is 3. The van der Waals surface area contributed by atoms with Gasteiger partial charge >= 0.3 is 0 Å². The summed E-state index contributed by atoms with van der Waals surface area (Å²) in [4.78, 5) is 10.5. The molecule has 0 aromatic carbocycles. The molecule has 1 aliphatic rings. The van der Waals surface area contributed by atoms with Crippen LogP contribution in [0.2, 0.25) is 0 Å². The topological polar surface area (TPSA) is 84.5 Å². The van der Waals surface area contributed by atoms with Gasteiger partial charge in [0.2, 0.25) is 0 Å². The quantitative estimate of drug-likeness (QED) is 0.780. The van der Waals surface area contributed by atoms with Crippen LogP contribution in [-0.2, 0) is 11.3 Å². The summed E-state index contributed by atoms with van der Waals surface area (Å²) in [5.41, 5.74) is 5.74. The largest absolute Gasteiger partial charge is 0.391 e. The first-order valence-corrected chi connectivity index (χ1v) is 5.74. The molecule has 0 bridgehead atoms. The van der Waals surface area contributed by atoms with Crippen LogP contribution in [0.25, 0.3) is 0 Å². The van der Waals surface area contributed by atoms with Gasteiger partial charge in [-0.15, -0.1) is 0 Å². The van der Waals surface area contributed by atoms with Crippen LogP contribution in [-0.4, -0.2) is 41.4 Å². The molecule has 1 unspecified atom stereocenters. The number of ether oxygens (including phenoxy) is 1. The molecule has 0 saturated carbocycles. The van der Waals surface area contributed by atoms with E-state index in [1.54, 1.807) is 13.2 Å². The Morgan fingerprint density at radius 2 is 2.41 bits per heavy atom. The summed E-state index contributed by atoms with van der Waals surface area (Å²) >= 11 is 0. The lowest BCUT2D eigenvalue weighted by Crippen LogP contribution is -2.38. The van der Waals surface area contributed by atoms with Gasteiger partial charge < -0.3 is 20.5 Å². The number of nitrogen functional groups attached to an aromatic ring is 1. The second-order valence-electron chi connectivity index (χ2n) is 4.24. The first kappa shape index (κ1) is 12.1. The Hall–Kier alpha value is -1.40. The minimum Gasteiger partial charge on any atom is -0.391 e. The molecule has 1 saturated heterocycles. The Labute approximate surface area is 100 Å². The van der Waals surface area contributed by atoms with Crippen LogP contribution in [0, 0.1) is 0 Å². The summed E-state index contributed by atoms with van der Waals surface area (Å²) in [5, 5.41) is 9.64. The van der Waals surface area contributed by atoms with Gasteiger partial charge in [-0.3, -0.25) is 0 Å². The molecule has 0 radical (unpaired) electrons. The molecule has 94 valence electrons. The van der Waals surface area contributed by atoms with E-state index < -0.39 is 0 Å². The third-order valence-electron chi connectivity index (χ3n) is 2.77. The number of aliphatic hydroxyl groups is 1. The normalized spacial score (nSPS) is 20.6. The van der Waals surface area contributed by atoms with Gasteiger partial charge in [0.25, 0.3) is 0 Å². The van der Waals surface area contributed by atoms with Crippen molar-refractivity contribution in [1.29, 1.82) is 0 Å². The number of anilines is 2. The molecule has 0 aliphatic carbocycles. The van der Waals surface area contributed by atoms with Crippen LogP contribution in [0.3, 0.4) is 0 Å². The van der Waals surface area contributed by atoms with Crippen molar-refractivity contribution in [1.82, 2.24) is 9.97 Å². The minimum absolute atomic E-state index is 0.286.